The maximum atomic E-state index is 13.3. The molecule has 1 aromatic heterocycles. The molecule has 0 spiro atoms. The van der Waals surface area contributed by atoms with E-state index in [1.807, 2.05) is 0 Å². The summed E-state index contributed by atoms with van der Waals surface area (Å²) < 4.78 is 0. The zero-order valence-corrected chi connectivity index (χ0v) is 16.9. The van der Waals surface area contributed by atoms with Gasteiger partial charge in [0, 0.05) is 71.9 Å². The molecule has 4 fully saturated rings. The van der Waals surface area contributed by atoms with E-state index in [2.05, 4.69) is 47.8 Å². The normalized spacial score (nSPS) is 30.8. The highest BCUT2D eigenvalue weighted by Crippen LogP contribution is 2.24. The number of aromatic nitrogens is 2. The van der Waals surface area contributed by atoms with Gasteiger partial charge in [-0.15, -0.1) is 5.10 Å². The van der Waals surface area contributed by atoms with Crippen LogP contribution in [0.15, 0.2) is 6.07 Å². The van der Waals surface area contributed by atoms with Crippen molar-refractivity contribution < 1.29 is 4.79 Å². The number of hydrogen-bond donors (Lipinski definition) is 0. The number of likely N-dealkylation sites (N-methyl/N-ethyl adjacent to an activating group) is 1. The number of rotatable bonds is 2. The number of fused-ring (bicyclic) bond motifs is 5. The van der Waals surface area contributed by atoms with Gasteiger partial charge in [-0.25, -0.2) is 0 Å². The Kier molecular flexibility index (Phi) is 4.94. The van der Waals surface area contributed by atoms with E-state index >= 15 is 0 Å². The van der Waals surface area contributed by atoms with Crippen LogP contribution in [0.3, 0.4) is 0 Å². The molecule has 5 aliphatic rings. The van der Waals surface area contributed by atoms with Crippen LogP contribution in [0.4, 0.5) is 5.82 Å². The molecule has 0 N–H and O–H groups in total. The van der Waals surface area contributed by atoms with E-state index in [1.165, 1.54) is 12.0 Å². The summed E-state index contributed by atoms with van der Waals surface area (Å²) in [5, 5.41) is 8.99. The number of nitrogens with zero attached hydrogens (tertiary/aromatic N) is 7. The molecule has 1 amide bonds. The topological polar surface area (TPSA) is 59.1 Å². The van der Waals surface area contributed by atoms with Crippen LogP contribution in [0.2, 0.25) is 0 Å². The van der Waals surface area contributed by atoms with E-state index in [-0.39, 0.29) is 6.04 Å². The van der Waals surface area contributed by atoms with Crippen LogP contribution in [0, 0.1) is 0 Å². The van der Waals surface area contributed by atoms with Crippen LogP contribution >= 0.6 is 0 Å². The van der Waals surface area contributed by atoms with E-state index in [4.69, 9.17) is 0 Å². The summed E-state index contributed by atoms with van der Waals surface area (Å²) >= 11 is 0. The van der Waals surface area contributed by atoms with E-state index in [1.54, 1.807) is 0 Å². The van der Waals surface area contributed by atoms with Crippen LogP contribution in [0.5, 0.6) is 0 Å². The summed E-state index contributed by atoms with van der Waals surface area (Å²) in [6.45, 7) is 10.7. The van der Waals surface area contributed by atoms with Gasteiger partial charge in [0.05, 0.1) is 5.69 Å². The molecule has 152 valence electrons. The highest BCUT2D eigenvalue weighted by molar-refractivity contribution is 5.82. The van der Waals surface area contributed by atoms with Gasteiger partial charge in [0.1, 0.15) is 6.04 Å². The summed E-state index contributed by atoms with van der Waals surface area (Å²) in [5.74, 6) is 1.26. The van der Waals surface area contributed by atoms with Crippen molar-refractivity contribution in [1.82, 2.24) is 29.8 Å². The first kappa shape index (κ1) is 18.3. The molecule has 1 aromatic rings. The SMILES string of the molecule is CN1CCN(c2cc3c(nn2)CCN(C(=O)C2CN4CCCN2CC4)C3)CC1. The first-order valence-corrected chi connectivity index (χ1v) is 10.7. The maximum Gasteiger partial charge on any atom is 0.241 e. The number of carbonyl (C=O) groups is 1. The lowest BCUT2D eigenvalue weighted by Crippen LogP contribution is -2.58. The molecule has 0 aliphatic carbocycles. The van der Waals surface area contributed by atoms with Gasteiger partial charge in [0.2, 0.25) is 5.91 Å². The molecule has 3 atom stereocenters. The van der Waals surface area contributed by atoms with Gasteiger partial charge in [0.25, 0.3) is 0 Å². The molecule has 0 saturated carbocycles. The molecule has 6 rings (SSSR count). The average Bonchev–Trinajstić information content (AvgIpc) is 3.09. The van der Waals surface area contributed by atoms with Crippen molar-refractivity contribution in [2.24, 2.45) is 0 Å². The molecule has 4 saturated heterocycles. The highest BCUT2D eigenvalue weighted by Gasteiger charge is 2.37. The smallest absolute Gasteiger partial charge is 0.241 e. The van der Waals surface area contributed by atoms with Crippen LogP contribution in [-0.4, -0.2) is 114 Å². The fourth-order valence-corrected chi connectivity index (χ4v) is 4.99. The minimum atomic E-state index is 0.0321. The average molecular weight is 386 g/mol. The van der Waals surface area contributed by atoms with Crippen LogP contribution in [-0.2, 0) is 17.8 Å². The Labute approximate surface area is 167 Å². The third-order valence-electron chi connectivity index (χ3n) is 6.85. The number of carbonyl (C=O) groups excluding carboxylic acids is 1. The number of piperazine rings is 2. The Hall–Kier alpha value is -1.77. The van der Waals surface area contributed by atoms with Crippen LogP contribution < -0.4 is 4.90 Å². The second-order valence-corrected chi connectivity index (χ2v) is 8.68. The van der Waals surface area contributed by atoms with Gasteiger partial charge < -0.3 is 14.7 Å². The lowest BCUT2D eigenvalue weighted by atomic mass is 10.0. The summed E-state index contributed by atoms with van der Waals surface area (Å²) in [5.41, 5.74) is 2.24. The van der Waals surface area contributed by atoms with Crippen molar-refractivity contribution in [2.45, 2.75) is 25.4 Å². The zero-order chi connectivity index (χ0) is 19.1. The summed E-state index contributed by atoms with van der Waals surface area (Å²) in [6.07, 6.45) is 1.99. The van der Waals surface area contributed by atoms with Crippen molar-refractivity contribution in [3.8, 4) is 0 Å². The largest absolute Gasteiger partial charge is 0.353 e. The standard InChI is InChI=1S/C20H31N7O/c1-23-7-10-26(11-8-23)19-13-16-14-27(6-3-17(16)21-22-19)20(28)18-15-24-4-2-5-25(18)12-9-24/h13,18H,2-12,14-15H2,1H3. The quantitative estimate of drug-likeness (QED) is 0.680. The fourth-order valence-electron chi connectivity index (χ4n) is 4.99. The van der Waals surface area contributed by atoms with Crippen molar-refractivity contribution in [3.63, 3.8) is 0 Å². The van der Waals surface area contributed by atoms with Crippen molar-refractivity contribution in [1.29, 1.82) is 0 Å². The van der Waals surface area contributed by atoms with Gasteiger partial charge in [-0.3, -0.25) is 14.6 Å². The molecule has 6 heterocycles. The van der Waals surface area contributed by atoms with E-state index < -0.39 is 0 Å². The lowest BCUT2D eigenvalue weighted by molar-refractivity contribution is -0.139. The monoisotopic (exact) mass is 385 g/mol. The van der Waals surface area contributed by atoms with Gasteiger partial charge >= 0.3 is 0 Å². The highest BCUT2D eigenvalue weighted by atomic mass is 16.2. The summed E-state index contributed by atoms with van der Waals surface area (Å²) in [4.78, 5) is 24.9. The van der Waals surface area contributed by atoms with E-state index in [9.17, 15) is 4.79 Å². The summed E-state index contributed by atoms with van der Waals surface area (Å²) in [7, 11) is 2.16. The first-order chi connectivity index (χ1) is 13.7. The molecule has 0 radical (unpaired) electrons. The van der Waals surface area contributed by atoms with Crippen molar-refractivity contribution >= 4 is 11.7 Å². The molecule has 8 heteroatoms. The molecule has 8 nitrogen and oxygen atoms in total. The van der Waals surface area contributed by atoms with Gasteiger partial charge in [-0.1, -0.05) is 0 Å². The first-order valence-electron chi connectivity index (χ1n) is 10.7. The number of hydrogen-bond acceptors (Lipinski definition) is 7. The van der Waals surface area contributed by atoms with Gasteiger partial charge in [-0.05, 0) is 31.6 Å². The Morgan fingerprint density at radius 1 is 1.00 bits per heavy atom. The zero-order valence-electron chi connectivity index (χ0n) is 16.9. The minimum Gasteiger partial charge on any atom is -0.353 e. The number of amides is 1. The van der Waals surface area contributed by atoms with Gasteiger partial charge in [0.15, 0.2) is 5.82 Å². The molecule has 5 aliphatic heterocycles. The molecular formula is C20H31N7O. The predicted molar refractivity (Wildman–Crippen MR) is 107 cm³/mol. The fraction of sp³-hybridized carbons (Fsp3) is 0.750. The lowest BCUT2D eigenvalue weighted by Gasteiger charge is -2.40. The molecular weight excluding hydrogens is 354 g/mol. The predicted octanol–water partition coefficient (Wildman–Crippen LogP) is -0.497. The van der Waals surface area contributed by atoms with E-state index in [0.29, 0.717) is 12.5 Å². The Balaban J connectivity index is 1.30. The Morgan fingerprint density at radius 2 is 1.86 bits per heavy atom. The third-order valence-corrected chi connectivity index (χ3v) is 6.85. The minimum absolute atomic E-state index is 0.0321. The third kappa shape index (κ3) is 3.49. The molecule has 28 heavy (non-hydrogen) atoms. The second kappa shape index (κ2) is 7.57. The Bertz CT molecular complexity index is 729. The molecule has 0 aromatic carbocycles. The van der Waals surface area contributed by atoms with Crippen molar-refractivity contribution in [2.75, 3.05) is 77.4 Å². The Morgan fingerprint density at radius 3 is 2.71 bits per heavy atom. The van der Waals surface area contributed by atoms with E-state index in [0.717, 1.165) is 83.4 Å². The van der Waals surface area contributed by atoms with Crippen LogP contribution in [0.1, 0.15) is 17.7 Å². The van der Waals surface area contributed by atoms with Crippen molar-refractivity contribution in [3.05, 3.63) is 17.3 Å². The molecule has 2 bridgehead atoms. The van der Waals surface area contributed by atoms with Crippen LogP contribution in [0.25, 0.3) is 0 Å². The molecule has 3 unspecified atom stereocenters. The summed E-state index contributed by atoms with van der Waals surface area (Å²) in [6, 6.07) is 2.21. The maximum absolute atomic E-state index is 13.3. The second-order valence-electron chi connectivity index (χ2n) is 8.68. The number of anilines is 1. The van der Waals surface area contributed by atoms with Gasteiger partial charge in [-0.2, -0.15) is 5.10 Å².